The summed E-state index contributed by atoms with van der Waals surface area (Å²) in [6.45, 7) is 2.02. The summed E-state index contributed by atoms with van der Waals surface area (Å²) in [4.78, 5) is 20.4. The van der Waals surface area contributed by atoms with Gasteiger partial charge in [0.2, 0.25) is 17.5 Å². The van der Waals surface area contributed by atoms with Gasteiger partial charge in [-0.25, -0.2) is 0 Å². The van der Waals surface area contributed by atoms with Crippen molar-refractivity contribution in [3.8, 4) is 17.6 Å². The lowest BCUT2D eigenvalue weighted by Gasteiger charge is -2.34. The Labute approximate surface area is 185 Å². The van der Waals surface area contributed by atoms with Gasteiger partial charge in [0, 0.05) is 32.3 Å². The zero-order chi connectivity index (χ0) is 22.5. The van der Waals surface area contributed by atoms with E-state index in [4.69, 9.17) is 18.3 Å². The first-order chi connectivity index (χ1) is 15.6. The summed E-state index contributed by atoms with van der Waals surface area (Å²) in [5.74, 6) is 2.15. The molecule has 0 aliphatic carbocycles. The van der Waals surface area contributed by atoms with E-state index in [0.717, 1.165) is 5.56 Å². The number of oxazole rings is 1. The SMILES string of the molecule is COc1ccc(C=Cc2nc(C#N)c(N3CCN(C(=O)c4ccco4)CC3)o2)cc1OC. The first-order valence-electron chi connectivity index (χ1n) is 10.0. The van der Waals surface area contributed by atoms with Gasteiger partial charge in [0.15, 0.2) is 17.3 Å². The summed E-state index contributed by atoms with van der Waals surface area (Å²) in [5.41, 5.74) is 1.08. The van der Waals surface area contributed by atoms with Crippen molar-refractivity contribution >= 4 is 23.9 Å². The molecule has 0 unspecified atom stereocenters. The van der Waals surface area contributed by atoms with Crippen LogP contribution < -0.4 is 14.4 Å². The molecule has 1 amide bonds. The highest BCUT2D eigenvalue weighted by molar-refractivity contribution is 5.91. The van der Waals surface area contributed by atoms with Gasteiger partial charge in [-0.3, -0.25) is 4.79 Å². The standard InChI is InChI=1S/C23H22N4O5/c1-29-18-7-5-16(14-20(18)30-2)6-8-21-25-17(15-24)23(32-21)27-11-9-26(10-12-27)22(28)19-4-3-13-31-19/h3-8,13-14H,9-12H2,1-2H3. The summed E-state index contributed by atoms with van der Waals surface area (Å²) >= 11 is 0. The molecule has 0 spiro atoms. The highest BCUT2D eigenvalue weighted by Gasteiger charge is 2.27. The molecule has 0 atom stereocenters. The number of nitriles is 1. The smallest absolute Gasteiger partial charge is 0.289 e. The summed E-state index contributed by atoms with van der Waals surface area (Å²) in [7, 11) is 3.16. The van der Waals surface area contributed by atoms with E-state index in [2.05, 4.69) is 11.1 Å². The maximum absolute atomic E-state index is 12.4. The quantitative estimate of drug-likeness (QED) is 0.582. The molecular formula is C23H22N4O5. The molecule has 0 N–H and O–H groups in total. The third-order valence-electron chi connectivity index (χ3n) is 5.14. The van der Waals surface area contributed by atoms with Crippen molar-refractivity contribution in [3.63, 3.8) is 0 Å². The maximum Gasteiger partial charge on any atom is 0.289 e. The molecule has 0 radical (unpaired) electrons. The number of hydrogen-bond acceptors (Lipinski definition) is 8. The van der Waals surface area contributed by atoms with Crippen molar-refractivity contribution in [2.45, 2.75) is 0 Å². The van der Waals surface area contributed by atoms with Crippen LogP contribution >= 0.6 is 0 Å². The van der Waals surface area contributed by atoms with Crippen LogP contribution in [-0.4, -0.2) is 56.2 Å². The Morgan fingerprint density at radius 2 is 1.91 bits per heavy atom. The molecule has 0 bridgehead atoms. The number of carbonyl (C=O) groups excluding carboxylic acids is 1. The fourth-order valence-corrected chi connectivity index (χ4v) is 3.48. The Hall–Kier alpha value is -4.19. The van der Waals surface area contributed by atoms with Crippen molar-refractivity contribution < 1.29 is 23.1 Å². The third-order valence-corrected chi connectivity index (χ3v) is 5.14. The average molecular weight is 434 g/mol. The molecule has 1 saturated heterocycles. The number of amides is 1. The Morgan fingerprint density at radius 1 is 1.12 bits per heavy atom. The highest BCUT2D eigenvalue weighted by atomic mass is 16.5. The monoisotopic (exact) mass is 434 g/mol. The van der Waals surface area contributed by atoms with Crippen LogP contribution in [0.4, 0.5) is 5.88 Å². The molecule has 1 aromatic carbocycles. The minimum Gasteiger partial charge on any atom is -0.493 e. The van der Waals surface area contributed by atoms with Crippen LogP contribution in [0.3, 0.4) is 0 Å². The normalized spacial score (nSPS) is 13.9. The van der Waals surface area contributed by atoms with Crippen LogP contribution in [0, 0.1) is 11.3 Å². The number of rotatable bonds is 6. The number of methoxy groups -OCH3 is 2. The van der Waals surface area contributed by atoms with Gasteiger partial charge in [-0.1, -0.05) is 6.07 Å². The van der Waals surface area contributed by atoms with Crippen LogP contribution in [-0.2, 0) is 0 Å². The van der Waals surface area contributed by atoms with Gasteiger partial charge < -0.3 is 28.1 Å². The van der Waals surface area contributed by atoms with E-state index in [0.29, 0.717) is 55.2 Å². The number of furan rings is 1. The van der Waals surface area contributed by atoms with Crippen LogP contribution in [0.1, 0.15) is 27.7 Å². The van der Waals surface area contributed by atoms with Crippen molar-refractivity contribution in [2.24, 2.45) is 0 Å². The lowest BCUT2D eigenvalue weighted by atomic mass is 10.2. The van der Waals surface area contributed by atoms with Crippen LogP contribution in [0.15, 0.2) is 45.4 Å². The third kappa shape index (κ3) is 4.30. The van der Waals surface area contributed by atoms with E-state index in [9.17, 15) is 10.1 Å². The van der Waals surface area contributed by atoms with Crippen LogP contribution in [0.5, 0.6) is 11.5 Å². The second-order valence-corrected chi connectivity index (χ2v) is 7.02. The average Bonchev–Trinajstić information content (AvgIpc) is 3.52. The molecule has 32 heavy (non-hydrogen) atoms. The molecule has 3 heterocycles. The Morgan fingerprint density at radius 3 is 2.56 bits per heavy atom. The van der Waals surface area contributed by atoms with Gasteiger partial charge in [-0.05, 0) is 35.9 Å². The van der Waals surface area contributed by atoms with Crippen molar-refractivity contribution in [2.75, 3.05) is 45.3 Å². The van der Waals surface area contributed by atoms with E-state index >= 15 is 0 Å². The Bertz CT molecular complexity index is 1150. The zero-order valence-electron chi connectivity index (χ0n) is 17.8. The van der Waals surface area contributed by atoms with Gasteiger partial charge in [-0.15, -0.1) is 0 Å². The van der Waals surface area contributed by atoms with E-state index < -0.39 is 0 Å². The second-order valence-electron chi connectivity index (χ2n) is 7.02. The molecule has 0 saturated carbocycles. The van der Waals surface area contributed by atoms with Crippen LogP contribution in [0.25, 0.3) is 12.2 Å². The summed E-state index contributed by atoms with van der Waals surface area (Å²) < 4.78 is 21.6. The predicted molar refractivity (Wildman–Crippen MR) is 117 cm³/mol. The Balaban J connectivity index is 1.45. The molecule has 9 heteroatoms. The van der Waals surface area contributed by atoms with Crippen LogP contribution in [0.2, 0.25) is 0 Å². The summed E-state index contributed by atoms with van der Waals surface area (Å²) in [6, 6.07) is 10.9. The van der Waals surface area contributed by atoms with Gasteiger partial charge >= 0.3 is 0 Å². The fourth-order valence-electron chi connectivity index (χ4n) is 3.48. The lowest BCUT2D eigenvalue weighted by Crippen LogP contribution is -2.48. The number of aromatic nitrogens is 1. The largest absolute Gasteiger partial charge is 0.493 e. The summed E-state index contributed by atoms with van der Waals surface area (Å²) in [5, 5.41) is 9.51. The molecule has 1 aliphatic rings. The number of nitrogens with zero attached hydrogens (tertiary/aromatic N) is 4. The molecular weight excluding hydrogens is 412 g/mol. The maximum atomic E-state index is 12.4. The van der Waals surface area contributed by atoms with E-state index in [-0.39, 0.29) is 11.6 Å². The minimum absolute atomic E-state index is 0.147. The van der Waals surface area contributed by atoms with Gasteiger partial charge in [0.25, 0.3) is 5.91 Å². The van der Waals surface area contributed by atoms with Crippen molar-refractivity contribution in [1.29, 1.82) is 5.26 Å². The molecule has 2 aromatic heterocycles. The predicted octanol–water partition coefficient (Wildman–Crippen LogP) is 3.29. The molecule has 4 rings (SSSR count). The number of piperazine rings is 1. The lowest BCUT2D eigenvalue weighted by molar-refractivity contribution is 0.0713. The second kappa shape index (κ2) is 9.31. The first kappa shape index (κ1) is 21.1. The number of carbonyl (C=O) groups is 1. The van der Waals surface area contributed by atoms with E-state index in [1.54, 1.807) is 37.3 Å². The number of benzene rings is 1. The Kier molecular flexibility index (Phi) is 6.12. The number of ether oxygens (including phenoxy) is 2. The van der Waals surface area contributed by atoms with Crippen molar-refractivity contribution in [3.05, 3.63) is 59.5 Å². The molecule has 3 aromatic rings. The minimum atomic E-state index is -0.147. The number of anilines is 1. The van der Waals surface area contributed by atoms with Crippen molar-refractivity contribution in [1.82, 2.24) is 9.88 Å². The van der Waals surface area contributed by atoms with Gasteiger partial charge in [0.1, 0.15) is 6.07 Å². The molecule has 164 valence electrons. The molecule has 1 fully saturated rings. The number of hydrogen-bond donors (Lipinski definition) is 0. The van der Waals surface area contributed by atoms with E-state index in [1.807, 2.05) is 29.2 Å². The molecule has 9 nitrogen and oxygen atoms in total. The fraction of sp³-hybridized carbons (Fsp3) is 0.261. The topological polar surface area (TPSA) is 105 Å². The first-order valence-corrected chi connectivity index (χ1v) is 10.0. The zero-order valence-corrected chi connectivity index (χ0v) is 17.8. The highest BCUT2D eigenvalue weighted by Crippen LogP contribution is 2.29. The molecule has 1 aliphatic heterocycles. The van der Waals surface area contributed by atoms with Gasteiger partial charge in [-0.2, -0.15) is 10.2 Å². The summed E-state index contributed by atoms with van der Waals surface area (Å²) in [6.07, 6.45) is 5.00. The van der Waals surface area contributed by atoms with E-state index in [1.165, 1.54) is 6.26 Å². The van der Waals surface area contributed by atoms with Gasteiger partial charge in [0.05, 0.1) is 20.5 Å².